The number of aryl methyl sites for hydroxylation is 3. The number of aromatic nitrogens is 4. The lowest BCUT2D eigenvalue weighted by molar-refractivity contribution is -0.206. The molecule has 0 unspecified atom stereocenters. The van der Waals surface area contributed by atoms with E-state index in [9.17, 15) is 26.4 Å². The van der Waals surface area contributed by atoms with Gasteiger partial charge in [0.2, 0.25) is 10.0 Å². The van der Waals surface area contributed by atoms with E-state index in [4.69, 9.17) is 10.5 Å². The average molecular weight is 567 g/mol. The Hall–Kier alpha value is -3.56. The van der Waals surface area contributed by atoms with E-state index in [0.717, 1.165) is 5.56 Å². The van der Waals surface area contributed by atoms with E-state index in [0.29, 0.717) is 28.2 Å². The van der Waals surface area contributed by atoms with Crippen molar-refractivity contribution in [3.05, 3.63) is 41.9 Å². The number of nitrogens with two attached hydrogens (primary N) is 1. The Morgan fingerprint density at radius 2 is 1.97 bits per heavy atom. The summed E-state index contributed by atoms with van der Waals surface area (Å²) < 4.78 is 78.2. The number of fused-ring (bicyclic) bond motifs is 1. The topological polar surface area (TPSA) is 151 Å². The molecule has 0 amide bonds. The lowest BCUT2D eigenvalue weighted by Crippen LogP contribution is -2.61. The van der Waals surface area contributed by atoms with E-state index < -0.39 is 39.9 Å². The van der Waals surface area contributed by atoms with E-state index in [2.05, 4.69) is 24.5 Å². The molecule has 4 heterocycles. The zero-order valence-electron chi connectivity index (χ0n) is 21.2. The Morgan fingerprint density at radius 3 is 2.62 bits per heavy atom. The molecule has 11 nitrogen and oxygen atoms in total. The van der Waals surface area contributed by atoms with Crippen LogP contribution in [0.2, 0.25) is 0 Å². The number of nitrogen functional groups attached to an aromatic ring is 1. The van der Waals surface area contributed by atoms with Crippen molar-refractivity contribution in [2.75, 3.05) is 18.9 Å². The summed E-state index contributed by atoms with van der Waals surface area (Å²) in [5.41, 5.74) is 7.42. The minimum atomic E-state index is -5.12. The van der Waals surface area contributed by atoms with Gasteiger partial charge in [0.25, 0.3) is 0 Å². The fourth-order valence-corrected chi connectivity index (χ4v) is 6.56. The van der Waals surface area contributed by atoms with E-state index >= 15 is 0 Å². The summed E-state index contributed by atoms with van der Waals surface area (Å²) in [4.78, 5) is 19.9. The highest BCUT2D eigenvalue weighted by Crippen LogP contribution is 2.52. The highest BCUT2D eigenvalue weighted by molar-refractivity contribution is 7.89. The van der Waals surface area contributed by atoms with Crippen LogP contribution in [0, 0.1) is 13.8 Å². The molecule has 1 aliphatic carbocycles. The second-order valence-electron chi connectivity index (χ2n) is 10.1. The first-order valence-electron chi connectivity index (χ1n) is 11.8. The Labute approximate surface area is 221 Å². The summed E-state index contributed by atoms with van der Waals surface area (Å²) in [6.45, 7) is 2.94. The molecule has 3 fully saturated rings. The lowest BCUT2D eigenvalue weighted by atomic mass is 9.69. The molecule has 3 N–H and O–H groups in total. The van der Waals surface area contributed by atoms with Crippen molar-refractivity contribution in [2.24, 2.45) is 7.05 Å². The third kappa shape index (κ3) is 4.96. The second kappa shape index (κ2) is 8.99. The second-order valence-corrected chi connectivity index (χ2v) is 11.7. The number of hydrogen-bond acceptors (Lipinski definition) is 9. The molecule has 2 saturated heterocycles. The van der Waals surface area contributed by atoms with Gasteiger partial charge in [-0.2, -0.15) is 18.3 Å². The Bertz CT molecular complexity index is 1580. The number of anilines is 1. The van der Waals surface area contributed by atoms with Crippen LogP contribution in [0.15, 0.2) is 35.5 Å². The number of benzene rings is 1. The largest absolute Gasteiger partial charge is 0.490 e. The van der Waals surface area contributed by atoms with Crippen LogP contribution in [-0.4, -0.2) is 64.7 Å². The van der Waals surface area contributed by atoms with Gasteiger partial charge in [-0.3, -0.25) is 4.68 Å². The van der Waals surface area contributed by atoms with E-state index in [1.165, 1.54) is 18.3 Å². The smallest absolute Gasteiger partial charge is 0.456 e. The molecule has 1 saturated carbocycles. The Kier molecular flexibility index (Phi) is 6.23. The van der Waals surface area contributed by atoms with Crippen molar-refractivity contribution in [3.63, 3.8) is 0 Å². The van der Waals surface area contributed by atoms with Crippen LogP contribution < -0.4 is 10.5 Å². The van der Waals surface area contributed by atoms with Crippen LogP contribution in [0.5, 0.6) is 0 Å². The first kappa shape index (κ1) is 27.0. The maximum absolute atomic E-state index is 13.3. The number of esters is 1. The summed E-state index contributed by atoms with van der Waals surface area (Å²) in [6, 6.07) is 4.56. The number of sulfonamides is 1. The van der Waals surface area contributed by atoms with E-state index in [1.54, 1.807) is 30.9 Å². The minimum absolute atomic E-state index is 0.0388. The maximum atomic E-state index is 13.3. The van der Waals surface area contributed by atoms with Gasteiger partial charge in [-0.05, 0) is 31.5 Å². The molecular formula is C24H25F3N6O5S. The first-order chi connectivity index (χ1) is 18.1. The molecule has 208 valence electrons. The zero-order chi connectivity index (χ0) is 28.4. The molecule has 39 heavy (non-hydrogen) atoms. The number of halogens is 3. The van der Waals surface area contributed by atoms with Crippen molar-refractivity contribution >= 4 is 21.8 Å². The number of hydrogen-bond donors (Lipinski definition) is 2. The van der Waals surface area contributed by atoms with Gasteiger partial charge in [-0.15, -0.1) is 0 Å². The van der Waals surface area contributed by atoms with Gasteiger partial charge in [0.1, 0.15) is 23.7 Å². The number of carbonyl (C=O) groups is 1. The number of ether oxygens (including phenoxy) is 2. The molecule has 15 heteroatoms. The standard InChI is InChI=1S/C24H25F3N6O5S/c1-13-4-5-15(6-16(13)18-7-29-20(28)19(30-18)17-8-33(3)31-14(17)2)39(35,36)32-22-9-23(10-22,38-11-22)12-37-21(34)24(25,26)27/h4-8,32H,9-12H2,1-3H3,(H2,28,29). The first-order valence-corrected chi connectivity index (χ1v) is 13.3. The van der Waals surface area contributed by atoms with Crippen LogP contribution in [-0.2, 0) is 31.3 Å². The van der Waals surface area contributed by atoms with Gasteiger partial charge in [-0.1, -0.05) is 6.07 Å². The van der Waals surface area contributed by atoms with Crippen molar-refractivity contribution in [1.82, 2.24) is 24.5 Å². The van der Waals surface area contributed by atoms with Gasteiger partial charge in [0, 0.05) is 37.2 Å². The molecule has 3 aromatic rings. The number of nitrogens with zero attached hydrogens (tertiary/aromatic N) is 4. The molecule has 1 aromatic carbocycles. The summed E-state index contributed by atoms with van der Waals surface area (Å²) in [7, 11) is -2.30. The lowest BCUT2D eigenvalue weighted by Gasteiger charge is -2.43. The number of nitrogens with one attached hydrogen (secondary N) is 1. The molecule has 0 radical (unpaired) electrons. The van der Waals surface area contributed by atoms with E-state index in [1.807, 2.05) is 6.92 Å². The average Bonchev–Trinajstić information content (AvgIpc) is 3.47. The van der Waals surface area contributed by atoms with Gasteiger partial charge in [0.05, 0.1) is 34.6 Å². The van der Waals surface area contributed by atoms with Gasteiger partial charge < -0.3 is 15.2 Å². The molecule has 3 aliphatic rings. The maximum Gasteiger partial charge on any atom is 0.490 e. The number of alkyl halides is 3. The highest BCUT2D eigenvalue weighted by atomic mass is 32.2. The summed E-state index contributed by atoms with van der Waals surface area (Å²) >= 11 is 0. The predicted octanol–water partition coefficient (Wildman–Crippen LogP) is 2.43. The quantitative estimate of drug-likeness (QED) is 0.411. The number of carbonyl (C=O) groups excluding carboxylic acids is 1. The van der Waals surface area contributed by atoms with Crippen LogP contribution in [0.1, 0.15) is 24.1 Å². The van der Waals surface area contributed by atoms with E-state index in [-0.39, 0.29) is 30.2 Å². The zero-order valence-corrected chi connectivity index (χ0v) is 22.0. The summed E-state index contributed by atoms with van der Waals surface area (Å²) in [5, 5.41) is 4.31. The van der Waals surface area contributed by atoms with Gasteiger partial charge in [-0.25, -0.2) is 27.9 Å². The van der Waals surface area contributed by atoms with Gasteiger partial charge >= 0.3 is 12.1 Å². The molecule has 0 atom stereocenters. The fourth-order valence-electron chi connectivity index (χ4n) is 5.15. The fraction of sp³-hybridized carbons (Fsp3) is 0.417. The molecule has 2 bridgehead atoms. The van der Waals surface area contributed by atoms with Crippen LogP contribution in [0.25, 0.3) is 22.5 Å². The Morgan fingerprint density at radius 1 is 1.26 bits per heavy atom. The minimum Gasteiger partial charge on any atom is -0.456 e. The summed E-state index contributed by atoms with van der Waals surface area (Å²) in [5.74, 6) is -2.11. The van der Waals surface area contributed by atoms with Crippen LogP contribution in [0.4, 0.5) is 19.0 Å². The summed E-state index contributed by atoms with van der Waals surface area (Å²) in [6.07, 6.45) is -1.75. The third-order valence-corrected chi connectivity index (χ3v) is 8.47. The predicted molar refractivity (Wildman–Crippen MR) is 132 cm³/mol. The van der Waals surface area contributed by atoms with Crippen molar-refractivity contribution in [2.45, 2.75) is 48.9 Å². The van der Waals surface area contributed by atoms with Gasteiger partial charge in [0.15, 0.2) is 0 Å². The molecule has 2 aromatic heterocycles. The monoisotopic (exact) mass is 566 g/mol. The Balaban J connectivity index is 1.36. The normalized spacial score (nSPS) is 22.5. The third-order valence-electron chi connectivity index (χ3n) is 6.89. The SMILES string of the molecule is Cc1ccc(S(=O)(=O)NC23COC(COC(=O)C(F)(F)F)(C2)C3)cc1-c1cnc(N)c(-c2cn(C)nc2C)n1. The van der Waals surface area contributed by atoms with Crippen molar-refractivity contribution < 1.29 is 35.9 Å². The molecule has 0 spiro atoms. The van der Waals surface area contributed by atoms with Crippen LogP contribution in [0.3, 0.4) is 0 Å². The number of rotatable bonds is 7. The van der Waals surface area contributed by atoms with Crippen molar-refractivity contribution in [3.8, 4) is 22.5 Å². The molecular weight excluding hydrogens is 541 g/mol. The van der Waals surface area contributed by atoms with Crippen LogP contribution >= 0.6 is 0 Å². The molecule has 6 rings (SSSR count). The van der Waals surface area contributed by atoms with Crippen molar-refractivity contribution in [1.29, 1.82) is 0 Å². The molecule has 2 aliphatic heterocycles. The highest BCUT2D eigenvalue weighted by Gasteiger charge is 2.65.